The van der Waals surface area contributed by atoms with E-state index in [2.05, 4.69) is 14.7 Å². The van der Waals surface area contributed by atoms with E-state index in [1.165, 1.54) is 6.20 Å². The van der Waals surface area contributed by atoms with Gasteiger partial charge in [-0.05, 0) is 0 Å². The highest BCUT2D eigenvalue weighted by atomic mass is 35.5. The Labute approximate surface area is 71.3 Å². The number of aromatic nitrogens is 2. The molecular formula is C6HClN2O3. The second kappa shape index (κ2) is 2.25. The van der Waals surface area contributed by atoms with Crippen molar-refractivity contribution >= 4 is 23.5 Å². The molecule has 1 aromatic heterocycles. The van der Waals surface area contributed by atoms with Gasteiger partial charge in [0.15, 0.2) is 11.4 Å². The lowest BCUT2D eigenvalue weighted by molar-refractivity contribution is 0.0439. The number of nitrogens with zero attached hydrogens (tertiary/aromatic N) is 2. The molecule has 6 heteroatoms. The minimum atomic E-state index is -0.801. The lowest BCUT2D eigenvalue weighted by Crippen LogP contribution is -1.98. The average Bonchev–Trinajstić information content (AvgIpc) is 2.28. The van der Waals surface area contributed by atoms with Crippen molar-refractivity contribution in [2.75, 3.05) is 0 Å². The summed E-state index contributed by atoms with van der Waals surface area (Å²) in [6.07, 6.45) is 1.18. The Hall–Kier alpha value is -1.49. The molecule has 0 N–H and O–H groups in total. The Kier molecular flexibility index (Phi) is 1.34. The predicted molar refractivity (Wildman–Crippen MR) is 36.8 cm³/mol. The molecule has 0 saturated carbocycles. The third-order valence-corrected chi connectivity index (χ3v) is 1.50. The van der Waals surface area contributed by atoms with Gasteiger partial charge in [0.05, 0.1) is 6.20 Å². The maximum atomic E-state index is 10.8. The number of fused-ring (bicyclic) bond motifs is 1. The fourth-order valence-electron chi connectivity index (χ4n) is 0.840. The molecular weight excluding hydrogens is 184 g/mol. The summed E-state index contributed by atoms with van der Waals surface area (Å²) >= 11 is 5.44. The minimum Gasteiger partial charge on any atom is -0.383 e. The summed E-state index contributed by atoms with van der Waals surface area (Å²) in [4.78, 5) is 28.8. The van der Waals surface area contributed by atoms with Gasteiger partial charge in [-0.3, -0.25) is 0 Å². The van der Waals surface area contributed by atoms with Crippen LogP contribution in [0.4, 0.5) is 0 Å². The van der Waals surface area contributed by atoms with Crippen LogP contribution in [0.15, 0.2) is 6.20 Å². The fraction of sp³-hybridized carbons (Fsp3) is 0. The molecule has 0 atom stereocenters. The molecule has 12 heavy (non-hydrogen) atoms. The van der Waals surface area contributed by atoms with Gasteiger partial charge in [-0.1, -0.05) is 11.6 Å². The summed E-state index contributed by atoms with van der Waals surface area (Å²) in [7, 11) is 0. The second-order valence-corrected chi connectivity index (χ2v) is 2.45. The number of esters is 2. The lowest BCUT2D eigenvalue weighted by atomic mass is 10.3. The van der Waals surface area contributed by atoms with Crippen molar-refractivity contribution < 1.29 is 14.3 Å². The van der Waals surface area contributed by atoms with Crippen LogP contribution in [0.5, 0.6) is 0 Å². The van der Waals surface area contributed by atoms with E-state index < -0.39 is 11.9 Å². The average molecular weight is 185 g/mol. The molecule has 0 aliphatic carbocycles. The molecule has 2 heterocycles. The number of carbonyl (C=O) groups is 2. The molecule has 0 radical (unpaired) electrons. The predicted octanol–water partition coefficient (Wildman–Crippen LogP) is 0.441. The third-order valence-electron chi connectivity index (χ3n) is 1.32. The van der Waals surface area contributed by atoms with Crippen LogP contribution in [0.3, 0.4) is 0 Å². The number of carbonyl (C=O) groups excluding carboxylic acids is 2. The van der Waals surface area contributed by atoms with Gasteiger partial charge < -0.3 is 4.74 Å². The zero-order valence-corrected chi connectivity index (χ0v) is 6.33. The normalized spacial score (nSPS) is 14.4. The van der Waals surface area contributed by atoms with Gasteiger partial charge in [0.1, 0.15) is 5.15 Å². The standard InChI is InChI=1S/C6HClN2O3/c7-2-1-8-3-4(9-2)6(11)12-5(3)10/h1H. The van der Waals surface area contributed by atoms with Crippen molar-refractivity contribution in [1.29, 1.82) is 0 Å². The first-order valence-corrected chi connectivity index (χ1v) is 3.35. The van der Waals surface area contributed by atoms with Gasteiger partial charge in [-0.25, -0.2) is 19.6 Å². The number of ether oxygens (including phenoxy) is 1. The molecule has 0 fully saturated rings. The zero-order chi connectivity index (χ0) is 8.72. The Morgan fingerprint density at radius 2 is 1.92 bits per heavy atom. The molecule has 0 aromatic carbocycles. The zero-order valence-electron chi connectivity index (χ0n) is 5.57. The number of cyclic esters (lactones) is 2. The molecule has 0 bridgehead atoms. The SMILES string of the molecule is O=C1OC(=O)c2nc(Cl)cnc21. The molecule has 0 amide bonds. The molecule has 0 unspecified atom stereocenters. The van der Waals surface area contributed by atoms with Crippen molar-refractivity contribution in [2.24, 2.45) is 0 Å². The van der Waals surface area contributed by atoms with E-state index in [1.54, 1.807) is 0 Å². The third kappa shape index (κ3) is 0.868. The number of halogens is 1. The Morgan fingerprint density at radius 3 is 2.67 bits per heavy atom. The van der Waals surface area contributed by atoms with Crippen LogP contribution in [0, 0.1) is 0 Å². The van der Waals surface area contributed by atoms with Crippen LogP contribution in [0.25, 0.3) is 0 Å². The second-order valence-electron chi connectivity index (χ2n) is 2.07. The van der Waals surface area contributed by atoms with Gasteiger partial charge in [-0.15, -0.1) is 0 Å². The first-order valence-electron chi connectivity index (χ1n) is 2.97. The smallest absolute Gasteiger partial charge is 0.367 e. The van der Waals surface area contributed by atoms with Crippen LogP contribution in [0.2, 0.25) is 5.15 Å². The molecule has 0 spiro atoms. The monoisotopic (exact) mass is 184 g/mol. The molecule has 1 aliphatic heterocycles. The van der Waals surface area contributed by atoms with E-state index in [4.69, 9.17) is 11.6 Å². The first-order chi connectivity index (χ1) is 5.68. The van der Waals surface area contributed by atoms with E-state index >= 15 is 0 Å². The maximum Gasteiger partial charge on any atom is 0.367 e. The van der Waals surface area contributed by atoms with Gasteiger partial charge in [0.25, 0.3) is 0 Å². The van der Waals surface area contributed by atoms with Crippen molar-refractivity contribution in [1.82, 2.24) is 9.97 Å². The summed E-state index contributed by atoms with van der Waals surface area (Å²) in [5.74, 6) is -1.58. The van der Waals surface area contributed by atoms with Crippen molar-refractivity contribution in [3.8, 4) is 0 Å². The van der Waals surface area contributed by atoms with E-state index in [0.29, 0.717) is 0 Å². The molecule has 5 nitrogen and oxygen atoms in total. The number of hydrogen-bond acceptors (Lipinski definition) is 5. The summed E-state index contributed by atoms with van der Waals surface area (Å²) in [5, 5.41) is 0.0559. The Balaban J connectivity index is 2.68. The summed E-state index contributed by atoms with van der Waals surface area (Å²) < 4.78 is 4.23. The highest BCUT2D eigenvalue weighted by molar-refractivity contribution is 6.29. The van der Waals surface area contributed by atoms with Crippen LogP contribution >= 0.6 is 11.6 Å². The largest absolute Gasteiger partial charge is 0.383 e. The van der Waals surface area contributed by atoms with Crippen LogP contribution in [0.1, 0.15) is 21.0 Å². The topological polar surface area (TPSA) is 69.2 Å². The Bertz CT molecular complexity index is 390. The number of hydrogen-bond donors (Lipinski definition) is 0. The van der Waals surface area contributed by atoms with Crippen molar-refractivity contribution in [2.45, 2.75) is 0 Å². The molecule has 1 aliphatic rings. The minimum absolute atomic E-state index is 0.0559. The van der Waals surface area contributed by atoms with Gasteiger partial charge >= 0.3 is 11.9 Å². The van der Waals surface area contributed by atoms with E-state index in [0.717, 1.165) is 0 Å². The van der Waals surface area contributed by atoms with Crippen LogP contribution in [-0.4, -0.2) is 21.9 Å². The summed E-state index contributed by atoms with van der Waals surface area (Å²) in [6, 6.07) is 0. The van der Waals surface area contributed by atoms with Crippen LogP contribution < -0.4 is 0 Å². The fourth-order valence-corrected chi connectivity index (χ4v) is 0.973. The lowest BCUT2D eigenvalue weighted by Gasteiger charge is -1.89. The first kappa shape index (κ1) is 7.17. The van der Waals surface area contributed by atoms with Gasteiger partial charge in [-0.2, -0.15) is 0 Å². The summed E-state index contributed by atoms with van der Waals surface area (Å²) in [5.41, 5.74) is -0.197. The molecule has 1 aromatic rings. The molecule has 0 saturated heterocycles. The highest BCUT2D eigenvalue weighted by Crippen LogP contribution is 2.16. The van der Waals surface area contributed by atoms with Crippen LogP contribution in [-0.2, 0) is 4.74 Å². The number of rotatable bonds is 0. The summed E-state index contributed by atoms with van der Waals surface area (Å²) in [6.45, 7) is 0. The molecule has 60 valence electrons. The van der Waals surface area contributed by atoms with E-state index in [-0.39, 0.29) is 16.5 Å². The quantitative estimate of drug-likeness (QED) is 0.432. The van der Waals surface area contributed by atoms with Crippen molar-refractivity contribution in [3.63, 3.8) is 0 Å². The highest BCUT2D eigenvalue weighted by Gasteiger charge is 2.32. The van der Waals surface area contributed by atoms with Crippen molar-refractivity contribution in [3.05, 3.63) is 22.7 Å². The van der Waals surface area contributed by atoms with E-state index in [1.807, 2.05) is 0 Å². The van der Waals surface area contributed by atoms with Gasteiger partial charge in [0, 0.05) is 0 Å². The van der Waals surface area contributed by atoms with Gasteiger partial charge in [0.2, 0.25) is 0 Å². The van der Waals surface area contributed by atoms with E-state index in [9.17, 15) is 9.59 Å². The molecule has 2 rings (SSSR count). The Morgan fingerprint density at radius 1 is 1.25 bits per heavy atom. The maximum absolute atomic E-state index is 10.8.